The number of thiazole rings is 1. The first-order chi connectivity index (χ1) is 13.8. The molecule has 0 amide bonds. The minimum Gasteiger partial charge on any atom is -0.456 e. The van der Waals surface area contributed by atoms with Crippen molar-refractivity contribution in [3.05, 3.63) is 89.2 Å². The topological polar surface area (TPSA) is 50.4 Å². The summed E-state index contributed by atoms with van der Waals surface area (Å²) < 4.78 is 7.20. The number of halogens is 1. The molecule has 0 fully saturated rings. The molecule has 2 aromatic heterocycles. The van der Waals surface area contributed by atoms with Crippen LogP contribution >= 0.6 is 22.9 Å². The summed E-state index contributed by atoms with van der Waals surface area (Å²) in [5, 5.41) is 7.76. The van der Waals surface area contributed by atoms with E-state index in [2.05, 4.69) is 15.5 Å². The molecule has 0 saturated carbocycles. The fourth-order valence-electron chi connectivity index (χ4n) is 2.99. The summed E-state index contributed by atoms with van der Waals surface area (Å²) in [6.45, 7) is 0. The average molecular weight is 404 g/mol. The average Bonchev–Trinajstić information content (AvgIpc) is 3.15. The molecule has 0 unspecified atom stereocenters. The van der Waals surface area contributed by atoms with Gasteiger partial charge in [-0.1, -0.05) is 47.2 Å². The van der Waals surface area contributed by atoms with E-state index in [4.69, 9.17) is 16.0 Å². The highest BCUT2D eigenvalue weighted by Gasteiger charge is 2.07. The first-order valence-corrected chi connectivity index (χ1v) is 9.90. The highest BCUT2D eigenvalue weighted by molar-refractivity contribution is 7.22. The van der Waals surface area contributed by atoms with Gasteiger partial charge in [0, 0.05) is 22.0 Å². The maximum absolute atomic E-state index is 6.08. The zero-order valence-electron chi connectivity index (χ0n) is 14.6. The second-order valence-electron chi connectivity index (χ2n) is 6.21. The smallest absolute Gasteiger partial charge is 0.204 e. The quantitative estimate of drug-likeness (QED) is 0.360. The number of anilines is 1. The lowest BCUT2D eigenvalue weighted by Crippen LogP contribution is -2.07. The second-order valence-corrected chi connectivity index (χ2v) is 7.68. The van der Waals surface area contributed by atoms with Gasteiger partial charge in [0.1, 0.15) is 11.3 Å². The molecule has 6 heteroatoms. The molecule has 136 valence electrons. The maximum Gasteiger partial charge on any atom is 0.204 e. The largest absolute Gasteiger partial charge is 0.456 e. The zero-order chi connectivity index (χ0) is 18.9. The predicted molar refractivity (Wildman–Crippen MR) is 115 cm³/mol. The minimum absolute atomic E-state index is 0.687. The van der Waals surface area contributed by atoms with Gasteiger partial charge in [-0.15, -0.1) is 0 Å². The van der Waals surface area contributed by atoms with Crippen LogP contribution in [0.1, 0.15) is 0 Å². The van der Waals surface area contributed by atoms with Gasteiger partial charge in [0.05, 0.1) is 15.6 Å². The Kier molecular flexibility index (Phi) is 4.31. The van der Waals surface area contributed by atoms with Crippen molar-refractivity contribution in [1.82, 2.24) is 4.98 Å². The number of nitrogens with one attached hydrogen (secondary N) is 1. The molecule has 0 aliphatic carbocycles. The van der Waals surface area contributed by atoms with Crippen molar-refractivity contribution < 1.29 is 4.42 Å². The van der Waals surface area contributed by atoms with Crippen LogP contribution in [0.5, 0.6) is 0 Å². The highest BCUT2D eigenvalue weighted by Crippen LogP contribution is 2.26. The summed E-state index contributed by atoms with van der Waals surface area (Å²) >= 11 is 7.58. The Balaban J connectivity index is 1.62. The molecular formula is C22H14ClN3OS. The van der Waals surface area contributed by atoms with Crippen LogP contribution in [0.25, 0.3) is 32.5 Å². The molecule has 0 saturated heterocycles. The Morgan fingerprint density at radius 1 is 0.929 bits per heavy atom. The molecule has 0 spiro atoms. The Morgan fingerprint density at radius 2 is 1.71 bits per heavy atom. The van der Waals surface area contributed by atoms with Gasteiger partial charge in [-0.3, -0.25) is 5.43 Å². The van der Waals surface area contributed by atoms with Crippen LogP contribution < -0.4 is 10.8 Å². The van der Waals surface area contributed by atoms with E-state index in [0.29, 0.717) is 5.02 Å². The predicted octanol–water partition coefficient (Wildman–Crippen LogP) is 6.29. The van der Waals surface area contributed by atoms with Gasteiger partial charge in [0.15, 0.2) is 0 Å². The molecule has 1 N–H and O–H groups in total. The van der Waals surface area contributed by atoms with E-state index in [1.165, 1.54) is 0 Å². The van der Waals surface area contributed by atoms with Crippen LogP contribution in [0.15, 0.2) is 88.4 Å². The lowest BCUT2D eigenvalue weighted by atomic mass is 10.1. The molecule has 2 heterocycles. The summed E-state index contributed by atoms with van der Waals surface area (Å²) in [4.78, 5) is 4.57. The van der Waals surface area contributed by atoms with Crippen LogP contribution in [0, 0.1) is 0 Å². The molecule has 0 bridgehead atoms. The summed E-state index contributed by atoms with van der Waals surface area (Å²) in [5.41, 5.74) is 5.76. The van der Waals surface area contributed by atoms with Gasteiger partial charge < -0.3 is 4.42 Å². The Bertz CT molecular complexity index is 1320. The molecule has 5 aromatic rings. The number of hydrogen-bond donors (Lipinski definition) is 1. The summed E-state index contributed by atoms with van der Waals surface area (Å²) in [5.74, 6) is 0.722. The van der Waals surface area contributed by atoms with E-state index in [-0.39, 0.29) is 0 Å². The zero-order valence-corrected chi connectivity index (χ0v) is 16.2. The number of benzene rings is 3. The van der Waals surface area contributed by atoms with Crippen molar-refractivity contribution in [2.24, 2.45) is 5.10 Å². The van der Waals surface area contributed by atoms with E-state index >= 15 is 0 Å². The Morgan fingerprint density at radius 3 is 2.57 bits per heavy atom. The van der Waals surface area contributed by atoms with Gasteiger partial charge in [-0.2, -0.15) is 5.10 Å². The van der Waals surface area contributed by atoms with E-state index < -0.39 is 0 Å². The van der Waals surface area contributed by atoms with Crippen LogP contribution in [0.4, 0.5) is 5.13 Å². The maximum atomic E-state index is 6.08. The molecule has 3 aromatic carbocycles. The number of rotatable bonds is 3. The van der Waals surface area contributed by atoms with Gasteiger partial charge in [-0.25, -0.2) is 4.98 Å². The molecule has 0 atom stereocenters. The van der Waals surface area contributed by atoms with E-state index in [9.17, 15) is 0 Å². The molecule has 28 heavy (non-hydrogen) atoms. The fraction of sp³-hybridized carbons (Fsp3) is 0. The van der Waals surface area contributed by atoms with Crippen molar-refractivity contribution in [2.45, 2.75) is 0 Å². The van der Waals surface area contributed by atoms with Gasteiger partial charge >= 0.3 is 0 Å². The second kappa shape index (κ2) is 7.11. The lowest BCUT2D eigenvalue weighted by molar-refractivity contribution is 0.618. The third-order valence-corrected chi connectivity index (χ3v) is 5.54. The minimum atomic E-state index is 0.687. The molecule has 0 radical (unpaired) electrons. The number of para-hydroxylation sites is 2. The van der Waals surface area contributed by atoms with E-state index in [1.54, 1.807) is 11.3 Å². The molecule has 0 aliphatic rings. The van der Waals surface area contributed by atoms with Crippen molar-refractivity contribution in [1.29, 1.82) is 0 Å². The van der Waals surface area contributed by atoms with Crippen molar-refractivity contribution >= 4 is 49.3 Å². The monoisotopic (exact) mass is 403 g/mol. The summed E-state index contributed by atoms with van der Waals surface area (Å²) in [6.07, 6.45) is 0. The highest BCUT2D eigenvalue weighted by atomic mass is 35.5. The normalized spacial score (nSPS) is 12.0. The SMILES string of the molecule is Clc1ccc(-c2cc(=NNc3nc4ccccc4s3)c3ccccc3o2)cc1. The van der Waals surface area contributed by atoms with Gasteiger partial charge in [-0.05, 0) is 48.5 Å². The fourth-order valence-corrected chi connectivity index (χ4v) is 3.93. The first kappa shape index (κ1) is 17.0. The molecule has 5 rings (SSSR count). The standard InChI is InChI=1S/C22H14ClN3OS/c23-15-11-9-14(10-12-15)20-13-18(16-5-1-3-7-19(16)27-20)25-26-22-24-17-6-2-4-8-21(17)28-22/h1-13H,(H,24,26). The van der Waals surface area contributed by atoms with Crippen LogP contribution in [0.3, 0.4) is 0 Å². The third kappa shape index (κ3) is 3.26. The molecular weight excluding hydrogens is 390 g/mol. The number of nitrogens with zero attached hydrogens (tertiary/aromatic N) is 2. The van der Waals surface area contributed by atoms with Gasteiger partial charge in [0.25, 0.3) is 0 Å². The number of aromatic nitrogens is 1. The lowest BCUT2D eigenvalue weighted by Gasteiger charge is -2.05. The number of hydrogen-bond acceptors (Lipinski definition) is 5. The molecule has 0 aliphatic heterocycles. The number of fused-ring (bicyclic) bond motifs is 2. The van der Waals surface area contributed by atoms with E-state index in [1.807, 2.05) is 78.9 Å². The van der Waals surface area contributed by atoms with Crippen molar-refractivity contribution in [3.63, 3.8) is 0 Å². The molecule has 4 nitrogen and oxygen atoms in total. The first-order valence-electron chi connectivity index (χ1n) is 8.70. The van der Waals surface area contributed by atoms with Crippen molar-refractivity contribution in [2.75, 3.05) is 5.43 Å². The summed E-state index contributed by atoms with van der Waals surface area (Å²) in [7, 11) is 0. The van der Waals surface area contributed by atoms with Gasteiger partial charge in [0.2, 0.25) is 5.13 Å². The van der Waals surface area contributed by atoms with Crippen LogP contribution in [0.2, 0.25) is 5.02 Å². The third-order valence-electron chi connectivity index (χ3n) is 4.35. The van der Waals surface area contributed by atoms with Crippen LogP contribution in [-0.4, -0.2) is 4.98 Å². The van der Waals surface area contributed by atoms with E-state index in [0.717, 1.165) is 43.0 Å². The summed E-state index contributed by atoms with van der Waals surface area (Å²) in [6, 6.07) is 25.3. The van der Waals surface area contributed by atoms with Crippen LogP contribution in [-0.2, 0) is 0 Å². The Labute approximate surface area is 169 Å². The van der Waals surface area contributed by atoms with Crippen molar-refractivity contribution in [3.8, 4) is 11.3 Å². The Hall–Kier alpha value is -3.15.